The maximum Gasteiger partial charge on any atom is 0.155 e. The Bertz CT molecular complexity index is 4520. The van der Waals surface area contributed by atoms with E-state index in [9.17, 15) is 0 Å². The Balaban J connectivity index is 1.00. The van der Waals surface area contributed by atoms with Crippen molar-refractivity contribution in [2.75, 3.05) is 0 Å². The van der Waals surface area contributed by atoms with Gasteiger partial charge in [0.2, 0.25) is 0 Å². The van der Waals surface area contributed by atoms with Crippen molar-refractivity contribution in [1.82, 2.24) is 4.57 Å². The van der Waals surface area contributed by atoms with Gasteiger partial charge < -0.3 is 17.8 Å². The van der Waals surface area contributed by atoms with Gasteiger partial charge in [0, 0.05) is 54.7 Å². The molecule has 0 saturated carbocycles. The molecule has 2 atom stereocenters. The van der Waals surface area contributed by atoms with Crippen LogP contribution in [0.1, 0.15) is 36.1 Å². The second kappa shape index (κ2) is 14.1. The Kier molecular flexibility index (Phi) is 7.79. The summed E-state index contributed by atoms with van der Waals surface area (Å²) in [6, 6.07) is 68.8. The minimum atomic E-state index is -0.254. The third kappa shape index (κ3) is 5.34. The molecule has 0 fully saturated rings. The molecule has 4 aromatic heterocycles. The van der Waals surface area contributed by atoms with Gasteiger partial charge in [-0.2, -0.15) is 0 Å². The zero-order chi connectivity index (χ0) is 44.6. The van der Waals surface area contributed by atoms with Crippen LogP contribution in [-0.4, -0.2) is 16.1 Å². The fourth-order valence-electron chi connectivity index (χ4n) is 11.4. The molecule has 0 amide bonds. The SMILES string of the molecule is CCC1C(c2ccc(-n3c4cc5ccccc5cc4c4c5ccccc5ccc43)c3c2oc2ccccc23)=NC(c2ccc3oc4ccccc4c3c2)=NC1c1ccc2oc3ccccc3c2c1. The Morgan fingerprint density at radius 1 is 0.456 bits per heavy atom. The van der Waals surface area contributed by atoms with Crippen molar-refractivity contribution in [2.45, 2.75) is 19.4 Å². The van der Waals surface area contributed by atoms with Crippen molar-refractivity contribution in [3.63, 3.8) is 0 Å². The van der Waals surface area contributed by atoms with Crippen LogP contribution in [0.25, 0.3) is 115 Å². The van der Waals surface area contributed by atoms with Gasteiger partial charge in [0.15, 0.2) is 5.84 Å². The topological polar surface area (TPSA) is 69.1 Å². The van der Waals surface area contributed by atoms with E-state index >= 15 is 0 Å². The molecular weight excluding hydrogens is 835 g/mol. The third-order valence-corrected chi connectivity index (χ3v) is 14.6. The highest BCUT2D eigenvalue weighted by Crippen LogP contribution is 2.46. The van der Waals surface area contributed by atoms with Gasteiger partial charge in [0.1, 0.15) is 33.5 Å². The molecule has 10 aromatic carbocycles. The molecule has 2 unspecified atom stereocenters. The van der Waals surface area contributed by atoms with Gasteiger partial charge in [-0.3, -0.25) is 4.99 Å². The molecule has 0 aliphatic carbocycles. The van der Waals surface area contributed by atoms with Crippen LogP contribution in [0, 0.1) is 5.92 Å². The highest BCUT2D eigenvalue weighted by atomic mass is 16.3. The lowest BCUT2D eigenvalue weighted by molar-refractivity contribution is 0.532. The Morgan fingerprint density at radius 3 is 1.82 bits per heavy atom. The molecule has 15 rings (SSSR count). The van der Waals surface area contributed by atoms with Crippen LogP contribution in [0.15, 0.2) is 217 Å². The molecule has 1 aliphatic rings. The van der Waals surface area contributed by atoms with Crippen molar-refractivity contribution in [3.8, 4) is 5.69 Å². The van der Waals surface area contributed by atoms with Crippen molar-refractivity contribution in [3.05, 3.63) is 211 Å². The van der Waals surface area contributed by atoms with Crippen molar-refractivity contribution < 1.29 is 13.3 Å². The highest BCUT2D eigenvalue weighted by Gasteiger charge is 2.35. The van der Waals surface area contributed by atoms with E-state index in [-0.39, 0.29) is 12.0 Å². The number of rotatable bonds is 5. The fraction of sp³-hybridized carbons (Fsp3) is 0.0645. The summed E-state index contributed by atoms with van der Waals surface area (Å²) >= 11 is 0. The maximum atomic E-state index is 7.15. The van der Waals surface area contributed by atoms with E-state index in [2.05, 4.69) is 181 Å². The van der Waals surface area contributed by atoms with Gasteiger partial charge in [0.25, 0.3) is 0 Å². The minimum Gasteiger partial charge on any atom is -0.456 e. The lowest BCUT2D eigenvalue weighted by Crippen LogP contribution is -2.28. The average molecular weight is 874 g/mol. The molecule has 6 heteroatoms. The van der Waals surface area contributed by atoms with Crippen LogP contribution in [0.5, 0.6) is 0 Å². The van der Waals surface area contributed by atoms with Crippen LogP contribution in [-0.2, 0) is 0 Å². The van der Waals surface area contributed by atoms with Crippen LogP contribution in [0.2, 0.25) is 0 Å². The predicted octanol–water partition coefficient (Wildman–Crippen LogP) is 16.8. The highest BCUT2D eigenvalue weighted by molar-refractivity contribution is 6.26. The average Bonchev–Trinajstić information content (AvgIpc) is 4.16. The number of benzene rings is 10. The molecule has 320 valence electrons. The first kappa shape index (κ1) is 37.5. The lowest BCUT2D eigenvalue weighted by atomic mass is 9.82. The summed E-state index contributed by atoms with van der Waals surface area (Å²) in [6.45, 7) is 2.25. The number of amidine groups is 1. The maximum absolute atomic E-state index is 7.15. The summed E-state index contributed by atoms with van der Waals surface area (Å²) in [5, 5.41) is 13.7. The van der Waals surface area contributed by atoms with E-state index in [4.69, 9.17) is 23.2 Å². The van der Waals surface area contributed by atoms with Crippen molar-refractivity contribution in [2.24, 2.45) is 15.9 Å². The standard InChI is InChI=1S/C62H39N3O3/c1-2-40-59(38-24-29-55-46(32-38)42-17-7-10-20-52(42)66-55)63-62(39-25-30-56-47(33-39)43-18-8-11-21-53(43)67-56)64-60(40)45-26-28-50(58-44-19-9-12-22-54(44)68-61(45)58)65-49-27-23-35-13-5-6-16-41(35)57(49)48-31-36-14-3-4-15-37(36)34-51(48)65/h3-34,40,59H,2H2,1H3. The summed E-state index contributed by atoms with van der Waals surface area (Å²) in [4.78, 5) is 11.3. The number of para-hydroxylation sites is 3. The van der Waals surface area contributed by atoms with E-state index in [1.165, 1.54) is 32.3 Å². The first-order valence-electron chi connectivity index (χ1n) is 23.4. The zero-order valence-electron chi connectivity index (χ0n) is 36.9. The molecule has 5 heterocycles. The van der Waals surface area contributed by atoms with Gasteiger partial charge in [-0.15, -0.1) is 0 Å². The number of fused-ring (bicyclic) bond motifs is 15. The van der Waals surface area contributed by atoms with Crippen molar-refractivity contribution >= 4 is 121 Å². The van der Waals surface area contributed by atoms with Gasteiger partial charge in [0.05, 0.1) is 33.9 Å². The normalized spacial score (nSPS) is 15.7. The molecule has 0 bridgehead atoms. The number of furan rings is 3. The molecule has 0 spiro atoms. The van der Waals surface area contributed by atoms with Gasteiger partial charge >= 0.3 is 0 Å². The number of aromatic nitrogens is 1. The Morgan fingerprint density at radius 2 is 1.07 bits per heavy atom. The van der Waals surface area contributed by atoms with E-state index in [0.29, 0.717) is 5.84 Å². The number of hydrogen-bond acceptors (Lipinski definition) is 5. The first-order valence-corrected chi connectivity index (χ1v) is 23.4. The summed E-state index contributed by atoms with van der Waals surface area (Å²) in [5.74, 6) is 0.592. The molecule has 6 nitrogen and oxygen atoms in total. The number of hydrogen-bond donors (Lipinski definition) is 0. The zero-order valence-corrected chi connectivity index (χ0v) is 36.9. The largest absolute Gasteiger partial charge is 0.456 e. The van der Waals surface area contributed by atoms with Gasteiger partial charge in [-0.25, -0.2) is 4.99 Å². The molecule has 14 aromatic rings. The van der Waals surface area contributed by atoms with E-state index in [1.54, 1.807) is 0 Å². The first-order chi connectivity index (χ1) is 33.6. The van der Waals surface area contributed by atoms with E-state index in [1.807, 2.05) is 24.3 Å². The van der Waals surface area contributed by atoms with Crippen molar-refractivity contribution in [1.29, 1.82) is 0 Å². The van der Waals surface area contributed by atoms with Crippen LogP contribution < -0.4 is 0 Å². The van der Waals surface area contributed by atoms with E-state index < -0.39 is 0 Å². The second-order valence-corrected chi connectivity index (χ2v) is 18.2. The monoisotopic (exact) mass is 873 g/mol. The third-order valence-electron chi connectivity index (χ3n) is 14.6. The molecule has 0 N–H and O–H groups in total. The summed E-state index contributed by atoms with van der Waals surface area (Å²) in [5.41, 5.74) is 12.4. The van der Waals surface area contributed by atoms with Gasteiger partial charge in [-0.1, -0.05) is 122 Å². The van der Waals surface area contributed by atoms with Gasteiger partial charge in [-0.05, 0) is 112 Å². The Labute approximate surface area is 388 Å². The molecule has 0 saturated heterocycles. The minimum absolute atomic E-state index is 0.0823. The molecule has 68 heavy (non-hydrogen) atoms. The summed E-state index contributed by atoms with van der Waals surface area (Å²) in [6.07, 6.45) is 0.798. The smallest absolute Gasteiger partial charge is 0.155 e. The fourth-order valence-corrected chi connectivity index (χ4v) is 11.4. The molecular formula is C62H39N3O3. The van der Waals surface area contributed by atoms with Crippen LogP contribution in [0.4, 0.5) is 0 Å². The quantitative estimate of drug-likeness (QED) is 0.173. The number of nitrogens with zero attached hydrogens (tertiary/aromatic N) is 3. The summed E-state index contributed by atoms with van der Waals surface area (Å²) in [7, 11) is 0. The summed E-state index contributed by atoms with van der Waals surface area (Å²) < 4.78 is 22.2. The van der Waals surface area contributed by atoms with E-state index in [0.717, 1.165) is 111 Å². The predicted molar refractivity (Wildman–Crippen MR) is 280 cm³/mol. The lowest BCUT2D eigenvalue weighted by Gasteiger charge is -2.30. The van der Waals surface area contributed by atoms with Crippen LogP contribution in [0.3, 0.4) is 0 Å². The Hall–Kier alpha value is -8.74. The number of aliphatic imine (C=N–C) groups is 2. The molecule has 1 aliphatic heterocycles. The van der Waals surface area contributed by atoms with Crippen LogP contribution >= 0.6 is 0 Å². The second-order valence-electron chi connectivity index (χ2n) is 18.2. The molecule has 0 radical (unpaired) electrons.